The smallest absolute Gasteiger partial charge is 0.323 e. The standard InChI is InChI=1S/C3H5F3N2/c1-2(8-7)3(4,5)6/h7H2,1H3/b8-2+. The molecule has 0 aromatic carbocycles. The summed E-state index contributed by atoms with van der Waals surface area (Å²) in [6.45, 7) is 0.806. The van der Waals surface area contributed by atoms with Gasteiger partial charge in [-0.3, -0.25) is 0 Å². The summed E-state index contributed by atoms with van der Waals surface area (Å²) < 4.78 is 33.7. The summed E-state index contributed by atoms with van der Waals surface area (Å²) in [6.07, 6.45) is -4.37. The van der Waals surface area contributed by atoms with Gasteiger partial charge >= 0.3 is 6.18 Å². The lowest BCUT2D eigenvalue weighted by molar-refractivity contribution is -0.0593. The Kier molecular flexibility index (Phi) is 1.83. The molecule has 0 aliphatic carbocycles. The summed E-state index contributed by atoms with van der Waals surface area (Å²) in [5, 5.41) is 2.45. The molecule has 0 heterocycles. The zero-order valence-corrected chi connectivity index (χ0v) is 4.16. The van der Waals surface area contributed by atoms with Crippen LogP contribution in [0.2, 0.25) is 0 Å². The first-order valence-corrected chi connectivity index (χ1v) is 1.80. The lowest BCUT2D eigenvalue weighted by Crippen LogP contribution is -2.20. The summed E-state index contributed by atoms with van der Waals surface area (Å²) >= 11 is 0. The van der Waals surface area contributed by atoms with Crippen molar-refractivity contribution >= 4 is 5.71 Å². The van der Waals surface area contributed by atoms with Crippen molar-refractivity contribution in [1.29, 1.82) is 0 Å². The fraction of sp³-hybridized carbons (Fsp3) is 0.667. The van der Waals surface area contributed by atoms with Gasteiger partial charge in [0.05, 0.1) is 0 Å². The van der Waals surface area contributed by atoms with E-state index >= 15 is 0 Å². The van der Waals surface area contributed by atoms with Crippen molar-refractivity contribution in [2.24, 2.45) is 10.9 Å². The van der Waals surface area contributed by atoms with Crippen molar-refractivity contribution < 1.29 is 13.2 Å². The Morgan fingerprint density at radius 1 is 1.50 bits per heavy atom. The minimum atomic E-state index is -4.37. The molecule has 5 heteroatoms. The minimum Gasteiger partial charge on any atom is -0.323 e. The van der Waals surface area contributed by atoms with Crippen LogP contribution in [-0.2, 0) is 0 Å². The minimum absolute atomic E-state index is 0.806. The molecule has 0 unspecified atom stereocenters. The molecule has 0 radical (unpaired) electrons. The third-order valence-electron chi connectivity index (χ3n) is 0.604. The molecular weight excluding hydrogens is 121 g/mol. The second kappa shape index (κ2) is 2.02. The number of hydrogen-bond donors (Lipinski definition) is 1. The van der Waals surface area contributed by atoms with E-state index in [1.54, 1.807) is 0 Å². The number of nitrogens with two attached hydrogens (primary N) is 1. The summed E-state index contributed by atoms with van der Waals surface area (Å²) in [5.41, 5.74) is -1.02. The number of rotatable bonds is 0. The van der Waals surface area contributed by atoms with Gasteiger partial charge < -0.3 is 5.84 Å². The van der Waals surface area contributed by atoms with Crippen LogP contribution in [0.3, 0.4) is 0 Å². The fourth-order valence-electron chi connectivity index (χ4n) is 0.0732. The molecule has 0 aromatic heterocycles. The average Bonchev–Trinajstić information content (AvgIpc) is 1.62. The van der Waals surface area contributed by atoms with E-state index in [9.17, 15) is 13.2 Å². The molecule has 0 fully saturated rings. The van der Waals surface area contributed by atoms with Gasteiger partial charge in [0, 0.05) is 0 Å². The highest BCUT2D eigenvalue weighted by molar-refractivity contribution is 5.86. The Morgan fingerprint density at radius 2 is 1.88 bits per heavy atom. The van der Waals surface area contributed by atoms with E-state index < -0.39 is 11.9 Å². The molecule has 0 atom stereocenters. The van der Waals surface area contributed by atoms with Crippen LogP contribution in [0.4, 0.5) is 13.2 Å². The van der Waals surface area contributed by atoms with Gasteiger partial charge in [-0.2, -0.15) is 18.3 Å². The summed E-state index contributed by atoms with van der Waals surface area (Å²) in [7, 11) is 0. The van der Waals surface area contributed by atoms with Crippen molar-refractivity contribution in [3.8, 4) is 0 Å². The predicted molar refractivity (Wildman–Crippen MR) is 23.4 cm³/mol. The van der Waals surface area contributed by atoms with E-state index in [2.05, 4.69) is 10.9 Å². The Morgan fingerprint density at radius 3 is 1.88 bits per heavy atom. The second-order valence-electron chi connectivity index (χ2n) is 1.21. The van der Waals surface area contributed by atoms with Gasteiger partial charge in [0.2, 0.25) is 0 Å². The van der Waals surface area contributed by atoms with Crippen LogP contribution in [0.5, 0.6) is 0 Å². The van der Waals surface area contributed by atoms with Crippen molar-refractivity contribution in [3.63, 3.8) is 0 Å². The van der Waals surface area contributed by atoms with Crippen LogP contribution in [0.15, 0.2) is 5.10 Å². The number of hydrogen-bond acceptors (Lipinski definition) is 2. The molecule has 2 N–H and O–H groups in total. The number of halogens is 3. The van der Waals surface area contributed by atoms with Gasteiger partial charge in [0.25, 0.3) is 0 Å². The molecule has 2 nitrogen and oxygen atoms in total. The maximum Gasteiger partial charge on any atom is 0.430 e. The van der Waals surface area contributed by atoms with Crippen LogP contribution in [-0.4, -0.2) is 11.9 Å². The lowest BCUT2D eigenvalue weighted by Gasteiger charge is -2.01. The van der Waals surface area contributed by atoms with Crippen LogP contribution in [0.1, 0.15) is 6.92 Å². The van der Waals surface area contributed by atoms with Gasteiger partial charge in [-0.25, -0.2) is 0 Å². The third-order valence-corrected chi connectivity index (χ3v) is 0.604. The zero-order chi connectivity index (χ0) is 6.78. The molecule has 48 valence electrons. The Labute approximate surface area is 44.2 Å². The van der Waals surface area contributed by atoms with Crippen molar-refractivity contribution in [2.75, 3.05) is 0 Å². The average molecular weight is 126 g/mol. The second-order valence-corrected chi connectivity index (χ2v) is 1.21. The first-order valence-electron chi connectivity index (χ1n) is 1.80. The largest absolute Gasteiger partial charge is 0.430 e. The first kappa shape index (κ1) is 7.26. The zero-order valence-electron chi connectivity index (χ0n) is 4.16. The van der Waals surface area contributed by atoms with E-state index in [0.29, 0.717) is 0 Å². The Bertz CT molecular complexity index is 104. The van der Waals surface area contributed by atoms with E-state index in [1.165, 1.54) is 0 Å². The molecule has 0 amide bonds. The summed E-state index contributed by atoms with van der Waals surface area (Å²) in [4.78, 5) is 0. The molecule has 0 spiro atoms. The van der Waals surface area contributed by atoms with Gasteiger partial charge in [0.15, 0.2) is 0 Å². The number of nitrogens with zero attached hydrogens (tertiary/aromatic N) is 1. The van der Waals surface area contributed by atoms with Crippen LogP contribution in [0, 0.1) is 0 Å². The van der Waals surface area contributed by atoms with Gasteiger partial charge in [0.1, 0.15) is 5.71 Å². The third kappa shape index (κ3) is 1.81. The van der Waals surface area contributed by atoms with Gasteiger partial charge in [-0.1, -0.05) is 0 Å². The molecule has 0 bridgehead atoms. The van der Waals surface area contributed by atoms with Gasteiger partial charge in [-0.15, -0.1) is 0 Å². The van der Waals surface area contributed by atoms with Crippen LogP contribution < -0.4 is 5.84 Å². The van der Waals surface area contributed by atoms with E-state index in [0.717, 1.165) is 6.92 Å². The van der Waals surface area contributed by atoms with Crippen molar-refractivity contribution in [1.82, 2.24) is 0 Å². The molecule has 0 aliphatic rings. The molecule has 0 rings (SSSR count). The highest BCUT2D eigenvalue weighted by Gasteiger charge is 2.31. The molecule has 0 aromatic rings. The summed E-state index contributed by atoms with van der Waals surface area (Å²) in [6, 6.07) is 0. The SMILES string of the molecule is C/C(=N\N)C(F)(F)F. The predicted octanol–water partition coefficient (Wildman–Crippen LogP) is 0.883. The van der Waals surface area contributed by atoms with Gasteiger partial charge in [-0.05, 0) is 6.92 Å². The first-order chi connectivity index (χ1) is 3.48. The van der Waals surface area contributed by atoms with Crippen molar-refractivity contribution in [2.45, 2.75) is 13.1 Å². The highest BCUT2D eigenvalue weighted by atomic mass is 19.4. The van der Waals surface area contributed by atoms with E-state index in [-0.39, 0.29) is 0 Å². The molecule has 8 heavy (non-hydrogen) atoms. The molecular formula is C3H5F3N2. The monoisotopic (exact) mass is 126 g/mol. The maximum absolute atomic E-state index is 11.2. The van der Waals surface area contributed by atoms with Crippen LogP contribution >= 0.6 is 0 Å². The Hall–Kier alpha value is -0.740. The molecule has 0 aliphatic heterocycles. The van der Waals surface area contributed by atoms with Crippen LogP contribution in [0.25, 0.3) is 0 Å². The summed E-state index contributed by atoms with van der Waals surface area (Å²) in [5.74, 6) is 4.33. The van der Waals surface area contributed by atoms with E-state index in [1.807, 2.05) is 0 Å². The Balaban J connectivity index is 4.03. The lowest BCUT2D eigenvalue weighted by atomic mass is 10.4. The normalized spacial score (nSPS) is 14.2. The fourth-order valence-corrected chi connectivity index (χ4v) is 0.0732. The number of hydrazone groups is 1. The number of alkyl halides is 3. The van der Waals surface area contributed by atoms with E-state index in [4.69, 9.17) is 0 Å². The topological polar surface area (TPSA) is 38.4 Å². The maximum atomic E-state index is 11.2. The molecule has 0 saturated carbocycles. The molecule has 0 saturated heterocycles. The highest BCUT2D eigenvalue weighted by Crippen LogP contribution is 2.15. The van der Waals surface area contributed by atoms with Crippen molar-refractivity contribution in [3.05, 3.63) is 0 Å². The quantitative estimate of drug-likeness (QED) is 0.292.